The second-order valence-electron chi connectivity index (χ2n) is 9.57. The van der Waals surface area contributed by atoms with Crippen LogP contribution >= 0.6 is 0 Å². The molecule has 0 spiro atoms. The minimum Gasteiger partial charge on any atom is -0.369 e. The topological polar surface area (TPSA) is 85.4 Å². The monoisotopic (exact) mass is 515 g/mol. The molecule has 8 nitrogen and oxygen atoms in total. The van der Waals surface area contributed by atoms with Crippen molar-refractivity contribution in [1.82, 2.24) is 19.6 Å². The van der Waals surface area contributed by atoms with E-state index in [1.807, 2.05) is 62.4 Å². The van der Waals surface area contributed by atoms with Gasteiger partial charge in [0.25, 0.3) is 0 Å². The summed E-state index contributed by atoms with van der Waals surface area (Å²) in [7, 11) is 0.879. The third-order valence-corrected chi connectivity index (χ3v) is 7.62. The molecule has 0 radical (unpaired) electrons. The van der Waals surface area contributed by atoms with E-state index >= 15 is 0 Å². The zero-order valence-corrected chi connectivity index (χ0v) is 22.3. The highest BCUT2D eigenvalue weighted by atomic mass is 32.2. The predicted octanol–water partition coefficient (Wildman–Crippen LogP) is 4.89. The Hall–Kier alpha value is -3.53. The minimum absolute atomic E-state index is 0.118. The molecule has 0 aliphatic carbocycles. The van der Waals surface area contributed by atoms with Gasteiger partial charge in [0.1, 0.15) is 16.8 Å². The smallest absolute Gasteiger partial charge is 0.229 e. The van der Waals surface area contributed by atoms with E-state index in [4.69, 9.17) is 9.97 Å². The van der Waals surface area contributed by atoms with Crippen molar-refractivity contribution in [3.8, 4) is 0 Å². The van der Waals surface area contributed by atoms with Crippen LogP contribution in [0.3, 0.4) is 0 Å². The summed E-state index contributed by atoms with van der Waals surface area (Å²) in [5.74, 6) is 1.19. The maximum atomic E-state index is 12.6. The quantitative estimate of drug-likeness (QED) is 0.308. The van der Waals surface area contributed by atoms with Crippen molar-refractivity contribution < 1.29 is 4.21 Å². The van der Waals surface area contributed by atoms with Crippen LogP contribution in [0, 0.1) is 0 Å². The lowest BCUT2D eigenvalue weighted by Crippen LogP contribution is -2.44. The van der Waals surface area contributed by atoms with Gasteiger partial charge in [0.05, 0.1) is 10.4 Å². The van der Waals surface area contributed by atoms with E-state index in [-0.39, 0.29) is 6.04 Å². The van der Waals surface area contributed by atoms with Gasteiger partial charge in [-0.05, 0) is 75.5 Å². The summed E-state index contributed by atoms with van der Waals surface area (Å²) in [5.41, 5.74) is 3.79. The third-order valence-electron chi connectivity index (χ3n) is 6.25. The SMILES string of the molecule is CC(C)NS(=O)c1cccc(Nc2nc(Nc3ccc(N4CCN(C)CC4)cc3)nc3ccccc23)c1. The van der Waals surface area contributed by atoms with Crippen LogP contribution in [0.5, 0.6) is 0 Å². The van der Waals surface area contributed by atoms with Crippen molar-refractivity contribution in [2.75, 3.05) is 48.8 Å². The first kappa shape index (κ1) is 25.1. The van der Waals surface area contributed by atoms with Gasteiger partial charge < -0.3 is 20.4 Å². The molecule has 0 bridgehead atoms. The average molecular weight is 516 g/mol. The summed E-state index contributed by atoms with van der Waals surface area (Å²) in [6.07, 6.45) is 0. The van der Waals surface area contributed by atoms with Crippen LogP contribution in [-0.4, -0.2) is 58.3 Å². The second kappa shape index (κ2) is 11.2. The molecular formula is C28H33N7OS. The van der Waals surface area contributed by atoms with E-state index in [1.165, 1.54) is 5.69 Å². The van der Waals surface area contributed by atoms with Gasteiger partial charge in [0.2, 0.25) is 5.95 Å². The first-order valence-electron chi connectivity index (χ1n) is 12.6. The van der Waals surface area contributed by atoms with Gasteiger partial charge in [-0.3, -0.25) is 0 Å². The number of nitrogens with one attached hydrogen (secondary N) is 3. The van der Waals surface area contributed by atoms with Gasteiger partial charge in [-0.25, -0.2) is 13.9 Å². The van der Waals surface area contributed by atoms with Crippen molar-refractivity contribution in [3.05, 3.63) is 72.8 Å². The summed E-state index contributed by atoms with van der Waals surface area (Å²) in [5, 5.41) is 7.68. The second-order valence-corrected chi connectivity index (χ2v) is 10.8. The Balaban J connectivity index is 1.37. The highest BCUT2D eigenvalue weighted by molar-refractivity contribution is 7.83. The number of fused-ring (bicyclic) bond motifs is 1. The molecule has 1 atom stereocenters. The molecule has 1 unspecified atom stereocenters. The maximum absolute atomic E-state index is 12.6. The molecule has 1 aliphatic heterocycles. The summed E-state index contributed by atoms with van der Waals surface area (Å²) in [4.78, 5) is 15.0. The lowest BCUT2D eigenvalue weighted by molar-refractivity contribution is 0.313. The highest BCUT2D eigenvalue weighted by Gasteiger charge is 2.15. The predicted molar refractivity (Wildman–Crippen MR) is 153 cm³/mol. The van der Waals surface area contributed by atoms with Crippen LogP contribution in [0.25, 0.3) is 10.9 Å². The molecule has 37 heavy (non-hydrogen) atoms. The fourth-order valence-corrected chi connectivity index (χ4v) is 5.29. The van der Waals surface area contributed by atoms with E-state index in [0.29, 0.717) is 16.7 Å². The number of likely N-dealkylation sites (N-methyl/N-ethyl adjacent to an activating group) is 1. The van der Waals surface area contributed by atoms with E-state index in [1.54, 1.807) is 0 Å². The molecule has 0 saturated carbocycles. The first-order chi connectivity index (χ1) is 17.9. The molecule has 2 heterocycles. The zero-order valence-electron chi connectivity index (χ0n) is 21.4. The Morgan fingerprint density at radius 3 is 2.35 bits per heavy atom. The number of benzene rings is 3. The van der Waals surface area contributed by atoms with E-state index in [0.717, 1.165) is 48.5 Å². The standard InChI is InChI=1S/C28H33N7OS/c1-20(2)33-37(36)24-8-6-7-22(19-24)29-27-25-9-4-5-10-26(25)31-28(32-27)30-21-11-13-23(14-12-21)35-17-15-34(3)16-18-35/h4-14,19-20,33H,15-18H2,1-3H3,(H2,29,30,31,32). The first-order valence-corrected chi connectivity index (χ1v) is 13.7. The van der Waals surface area contributed by atoms with Crippen molar-refractivity contribution >= 4 is 50.7 Å². The molecule has 4 aromatic rings. The van der Waals surface area contributed by atoms with Crippen LogP contribution in [-0.2, 0) is 11.0 Å². The number of para-hydroxylation sites is 1. The van der Waals surface area contributed by atoms with Gasteiger partial charge in [0.15, 0.2) is 0 Å². The molecule has 1 saturated heterocycles. The number of aromatic nitrogens is 2. The third kappa shape index (κ3) is 6.25. The zero-order chi connectivity index (χ0) is 25.8. The Labute approximate surface area is 220 Å². The molecule has 5 rings (SSSR count). The Bertz CT molecular complexity index is 1390. The summed E-state index contributed by atoms with van der Waals surface area (Å²) >= 11 is 0. The lowest BCUT2D eigenvalue weighted by Gasteiger charge is -2.34. The molecule has 192 valence electrons. The molecular weight excluding hydrogens is 482 g/mol. The van der Waals surface area contributed by atoms with Crippen molar-refractivity contribution in [2.45, 2.75) is 24.8 Å². The molecule has 1 aromatic heterocycles. The normalized spacial score (nSPS) is 15.2. The number of hydrogen-bond donors (Lipinski definition) is 3. The Morgan fingerprint density at radius 1 is 0.838 bits per heavy atom. The van der Waals surface area contributed by atoms with Crippen molar-refractivity contribution in [2.24, 2.45) is 0 Å². The van der Waals surface area contributed by atoms with Crippen molar-refractivity contribution in [3.63, 3.8) is 0 Å². The fourth-order valence-electron chi connectivity index (χ4n) is 4.29. The molecule has 1 fully saturated rings. The molecule has 0 amide bonds. The number of rotatable bonds is 8. The van der Waals surface area contributed by atoms with Crippen LogP contribution < -0.4 is 20.3 Å². The lowest BCUT2D eigenvalue weighted by atomic mass is 10.2. The number of hydrogen-bond acceptors (Lipinski definition) is 7. The fraction of sp³-hybridized carbons (Fsp3) is 0.286. The molecule has 3 N–H and O–H groups in total. The highest BCUT2D eigenvalue weighted by Crippen LogP contribution is 2.28. The largest absolute Gasteiger partial charge is 0.369 e. The Morgan fingerprint density at radius 2 is 1.59 bits per heavy atom. The van der Waals surface area contributed by atoms with Gasteiger partial charge in [-0.1, -0.05) is 18.2 Å². The number of piperazine rings is 1. The van der Waals surface area contributed by atoms with Gasteiger partial charge in [0, 0.05) is 54.7 Å². The molecule has 1 aliphatic rings. The van der Waals surface area contributed by atoms with Gasteiger partial charge >= 0.3 is 0 Å². The summed E-state index contributed by atoms with van der Waals surface area (Å²) < 4.78 is 15.6. The van der Waals surface area contributed by atoms with E-state index < -0.39 is 11.0 Å². The van der Waals surface area contributed by atoms with E-state index in [9.17, 15) is 4.21 Å². The number of anilines is 5. The minimum atomic E-state index is -1.29. The Kier molecular flexibility index (Phi) is 7.64. The van der Waals surface area contributed by atoms with Crippen LogP contribution in [0.15, 0.2) is 77.7 Å². The summed E-state index contributed by atoms with van der Waals surface area (Å²) in [6.45, 7) is 8.17. The van der Waals surface area contributed by atoms with Crippen molar-refractivity contribution in [1.29, 1.82) is 0 Å². The van der Waals surface area contributed by atoms with Gasteiger partial charge in [-0.15, -0.1) is 0 Å². The average Bonchev–Trinajstić information content (AvgIpc) is 2.89. The molecule has 9 heteroatoms. The summed E-state index contributed by atoms with van der Waals surface area (Å²) in [6, 6.07) is 24.0. The number of nitrogens with zero attached hydrogens (tertiary/aromatic N) is 4. The van der Waals surface area contributed by atoms with E-state index in [2.05, 4.69) is 56.5 Å². The van der Waals surface area contributed by atoms with Crippen LogP contribution in [0.1, 0.15) is 13.8 Å². The maximum Gasteiger partial charge on any atom is 0.229 e. The van der Waals surface area contributed by atoms with Gasteiger partial charge in [-0.2, -0.15) is 4.98 Å². The van der Waals surface area contributed by atoms with Crippen LogP contribution in [0.4, 0.5) is 28.8 Å². The molecule has 3 aromatic carbocycles. The van der Waals surface area contributed by atoms with Crippen LogP contribution in [0.2, 0.25) is 0 Å².